The third kappa shape index (κ3) is 6.72. The Kier molecular flexibility index (Phi) is 9.04. The second kappa shape index (κ2) is 12.4. The number of aliphatic hydroxyl groups excluding tert-OH is 1. The summed E-state index contributed by atoms with van der Waals surface area (Å²) in [6.45, 7) is 7.51. The van der Waals surface area contributed by atoms with Crippen LogP contribution in [0.1, 0.15) is 37.8 Å². The van der Waals surface area contributed by atoms with Crippen molar-refractivity contribution < 1.29 is 33.6 Å². The highest BCUT2D eigenvalue weighted by molar-refractivity contribution is 5.71. The van der Waals surface area contributed by atoms with E-state index in [-0.39, 0.29) is 19.8 Å². The van der Waals surface area contributed by atoms with E-state index in [0.717, 1.165) is 11.1 Å². The molecule has 2 heterocycles. The zero-order valence-electron chi connectivity index (χ0n) is 21.8. The topological polar surface area (TPSA) is 107 Å². The second-order valence-corrected chi connectivity index (χ2v) is 9.95. The Morgan fingerprint density at radius 1 is 1.03 bits per heavy atom. The van der Waals surface area contributed by atoms with Gasteiger partial charge >= 0.3 is 12.2 Å². The molecular formula is C29H36N2O7. The number of ether oxygens (including phenoxy) is 4. The normalized spacial score (nSPS) is 24.3. The van der Waals surface area contributed by atoms with Crippen LogP contribution in [0, 0.1) is 0 Å². The summed E-state index contributed by atoms with van der Waals surface area (Å²) in [6, 6.07) is 17.3. The van der Waals surface area contributed by atoms with Crippen LogP contribution >= 0.6 is 0 Å². The molecule has 2 aromatic rings. The van der Waals surface area contributed by atoms with Crippen LogP contribution in [0.4, 0.5) is 9.59 Å². The van der Waals surface area contributed by atoms with Gasteiger partial charge in [0.2, 0.25) is 0 Å². The molecule has 0 spiro atoms. The smallest absolute Gasteiger partial charge is 0.410 e. The summed E-state index contributed by atoms with van der Waals surface area (Å²) in [4.78, 5) is 27.5. The molecule has 0 aliphatic carbocycles. The maximum atomic E-state index is 13.5. The maximum absolute atomic E-state index is 13.5. The summed E-state index contributed by atoms with van der Waals surface area (Å²) in [5, 5.41) is 13.9. The van der Waals surface area contributed by atoms with Crippen molar-refractivity contribution in [3.05, 3.63) is 84.4 Å². The lowest BCUT2D eigenvalue weighted by molar-refractivity contribution is -0.171. The molecule has 9 heteroatoms. The van der Waals surface area contributed by atoms with Gasteiger partial charge in [-0.15, -0.1) is 6.58 Å². The van der Waals surface area contributed by atoms with Crippen LogP contribution in [0.25, 0.3) is 0 Å². The SMILES string of the molecule is C=CCC[C@H](O)[C@@H]1[C@@H]2OC(C)(C)O[C@@H]2[C@@H](CNC(=O)OCc2ccccc2)N1C(=O)OCc1ccccc1. The number of nitrogens with one attached hydrogen (secondary N) is 1. The minimum Gasteiger partial charge on any atom is -0.445 e. The largest absolute Gasteiger partial charge is 0.445 e. The minimum absolute atomic E-state index is 0.0271. The standard InChI is InChI=1S/C29H36N2O7/c1-4-5-16-23(32)24-26-25(37-29(2,3)38-26)22(17-30-27(33)35-18-20-12-8-6-9-13-20)31(24)28(34)36-19-21-14-10-7-11-15-21/h4,6-15,22-26,32H,1,5,16-19H2,2-3H3,(H,30,33)/t22-,23+,24-,25-,26+/m1/s1. The van der Waals surface area contributed by atoms with E-state index >= 15 is 0 Å². The Bertz CT molecular complexity index is 1080. The van der Waals surface area contributed by atoms with Crippen molar-refractivity contribution in [2.24, 2.45) is 0 Å². The van der Waals surface area contributed by atoms with Gasteiger partial charge in [-0.05, 0) is 37.8 Å². The molecule has 9 nitrogen and oxygen atoms in total. The number of amides is 2. The predicted molar refractivity (Wildman–Crippen MR) is 140 cm³/mol. The molecule has 0 radical (unpaired) electrons. The van der Waals surface area contributed by atoms with E-state index in [1.54, 1.807) is 19.9 Å². The van der Waals surface area contributed by atoms with Gasteiger partial charge in [-0.1, -0.05) is 66.7 Å². The van der Waals surface area contributed by atoms with E-state index < -0.39 is 48.4 Å². The fourth-order valence-electron chi connectivity index (χ4n) is 5.01. The van der Waals surface area contributed by atoms with E-state index in [9.17, 15) is 14.7 Å². The first-order chi connectivity index (χ1) is 18.3. The number of likely N-dealkylation sites (tertiary alicyclic amines) is 1. The highest BCUT2D eigenvalue weighted by Gasteiger charge is 2.61. The van der Waals surface area contributed by atoms with Crippen LogP contribution in [0.15, 0.2) is 73.3 Å². The molecule has 2 N–H and O–H groups in total. The quantitative estimate of drug-likeness (QED) is 0.450. The molecule has 4 rings (SSSR count). The van der Waals surface area contributed by atoms with Crippen molar-refractivity contribution in [1.82, 2.24) is 10.2 Å². The molecule has 38 heavy (non-hydrogen) atoms. The first-order valence-corrected chi connectivity index (χ1v) is 12.9. The van der Waals surface area contributed by atoms with Gasteiger partial charge in [-0.25, -0.2) is 9.59 Å². The molecule has 2 aliphatic rings. The van der Waals surface area contributed by atoms with Crippen molar-refractivity contribution in [1.29, 1.82) is 0 Å². The summed E-state index contributed by atoms with van der Waals surface area (Å²) in [6.07, 6.45) is -0.724. The fourth-order valence-corrected chi connectivity index (χ4v) is 5.01. The van der Waals surface area contributed by atoms with E-state index in [1.165, 1.54) is 4.90 Å². The molecule has 0 saturated carbocycles. The molecule has 2 amide bonds. The van der Waals surface area contributed by atoms with E-state index in [4.69, 9.17) is 18.9 Å². The third-order valence-corrected chi connectivity index (χ3v) is 6.70. The number of fused-ring (bicyclic) bond motifs is 1. The molecule has 0 bridgehead atoms. The molecule has 2 fully saturated rings. The maximum Gasteiger partial charge on any atom is 0.410 e. The van der Waals surface area contributed by atoms with Crippen molar-refractivity contribution in [3.8, 4) is 0 Å². The monoisotopic (exact) mass is 524 g/mol. The minimum atomic E-state index is -0.919. The molecule has 204 valence electrons. The number of nitrogens with zero attached hydrogens (tertiary/aromatic N) is 1. The number of hydrogen-bond donors (Lipinski definition) is 2. The van der Waals surface area contributed by atoms with Crippen molar-refractivity contribution in [3.63, 3.8) is 0 Å². The average Bonchev–Trinajstić information content (AvgIpc) is 3.38. The number of carbonyl (C=O) groups is 2. The van der Waals surface area contributed by atoms with Gasteiger partial charge in [0.25, 0.3) is 0 Å². The Morgan fingerprint density at radius 2 is 1.61 bits per heavy atom. The van der Waals surface area contributed by atoms with Gasteiger partial charge in [0, 0.05) is 6.54 Å². The van der Waals surface area contributed by atoms with Crippen molar-refractivity contribution >= 4 is 12.2 Å². The van der Waals surface area contributed by atoms with Gasteiger partial charge < -0.3 is 29.4 Å². The lowest BCUT2D eigenvalue weighted by Gasteiger charge is -2.35. The molecule has 0 unspecified atom stereocenters. The molecule has 2 aromatic carbocycles. The molecule has 5 atom stereocenters. The van der Waals surface area contributed by atoms with Gasteiger partial charge in [-0.3, -0.25) is 4.90 Å². The Hall–Kier alpha value is -3.40. The summed E-state index contributed by atoms with van der Waals surface area (Å²) in [5.41, 5.74) is 1.69. The lowest BCUT2D eigenvalue weighted by atomic mass is 10.00. The molecule has 2 saturated heterocycles. The van der Waals surface area contributed by atoms with Crippen LogP contribution in [-0.4, -0.2) is 64.9 Å². The van der Waals surface area contributed by atoms with Gasteiger partial charge in [0.1, 0.15) is 25.4 Å². The lowest BCUT2D eigenvalue weighted by Crippen LogP contribution is -2.54. The van der Waals surface area contributed by atoms with Crippen LogP contribution in [0.3, 0.4) is 0 Å². The zero-order valence-corrected chi connectivity index (χ0v) is 21.8. The fraction of sp³-hybridized carbons (Fsp3) is 0.448. The molecule has 2 aliphatic heterocycles. The summed E-state index contributed by atoms with van der Waals surface area (Å²) >= 11 is 0. The zero-order chi connectivity index (χ0) is 27.1. The molecular weight excluding hydrogens is 488 g/mol. The van der Waals surface area contributed by atoms with E-state index in [1.807, 2.05) is 60.7 Å². The highest BCUT2D eigenvalue weighted by Crippen LogP contribution is 2.42. The number of alkyl carbamates (subject to hydrolysis) is 1. The van der Waals surface area contributed by atoms with Gasteiger partial charge in [0.05, 0.1) is 18.2 Å². The van der Waals surface area contributed by atoms with Crippen LogP contribution in [0.2, 0.25) is 0 Å². The van der Waals surface area contributed by atoms with Gasteiger partial charge in [0.15, 0.2) is 5.79 Å². The average molecular weight is 525 g/mol. The van der Waals surface area contributed by atoms with E-state index in [0.29, 0.717) is 12.8 Å². The van der Waals surface area contributed by atoms with Gasteiger partial charge in [-0.2, -0.15) is 0 Å². The van der Waals surface area contributed by atoms with Crippen molar-refractivity contribution in [2.75, 3.05) is 6.54 Å². The number of carbonyl (C=O) groups excluding carboxylic acids is 2. The second-order valence-electron chi connectivity index (χ2n) is 9.95. The third-order valence-electron chi connectivity index (χ3n) is 6.70. The number of rotatable bonds is 10. The summed E-state index contributed by atoms with van der Waals surface area (Å²) in [7, 11) is 0. The molecule has 0 aromatic heterocycles. The first kappa shape index (κ1) is 27.6. The summed E-state index contributed by atoms with van der Waals surface area (Å²) < 4.78 is 23.4. The number of hydrogen-bond acceptors (Lipinski definition) is 7. The predicted octanol–water partition coefficient (Wildman–Crippen LogP) is 4.15. The first-order valence-electron chi connectivity index (χ1n) is 12.9. The Balaban J connectivity index is 1.51. The summed E-state index contributed by atoms with van der Waals surface area (Å²) in [5.74, 6) is -0.919. The highest BCUT2D eigenvalue weighted by atomic mass is 16.8. The van der Waals surface area contributed by atoms with Crippen LogP contribution < -0.4 is 5.32 Å². The number of benzene rings is 2. The van der Waals surface area contributed by atoms with E-state index in [2.05, 4.69) is 11.9 Å². The number of aliphatic hydroxyl groups is 1. The number of allylic oxidation sites excluding steroid dienone is 1. The Morgan fingerprint density at radius 3 is 2.21 bits per heavy atom. The van der Waals surface area contributed by atoms with Crippen LogP contribution in [0.5, 0.6) is 0 Å². The Labute approximate surface area is 223 Å². The van der Waals surface area contributed by atoms with Crippen LogP contribution in [-0.2, 0) is 32.2 Å². The van der Waals surface area contributed by atoms with Crippen molar-refractivity contribution in [2.45, 2.75) is 76.1 Å².